The van der Waals surface area contributed by atoms with Crippen LogP contribution in [0.4, 0.5) is 0 Å². The van der Waals surface area contributed by atoms with Crippen LogP contribution in [0.3, 0.4) is 0 Å². The normalized spacial score (nSPS) is 13.4. The van der Waals surface area contributed by atoms with Crippen LogP contribution < -0.4 is 20.3 Å². The van der Waals surface area contributed by atoms with E-state index in [1.54, 1.807) is 65.9 Å². The standard InChI is InChI=1S/C28H30N4O6S/c1-37-20-9-7-18(8-10-20)23(33)11-12-25(34)32-15-13-19(14-16-32)28-29-22(17-39-28)27(36)31-30-26(35)21-5-3-4-6-24(21)38-2/h3-10,17,19H,11-16H2,1-2H3,(H,30,35)(H,31,36). The van der Waals surface area contributed by atoms with Gasteiger partial charge in [0.2, 0.25) is 5.91 Å². The lowest BCUT2D eigenvalue weighted by Gasteiger charge is -2.31. The number of hydrogen-bond donors (Lipinski definition) is 2. The number of benzene rings is 2. The Kier molecular flexibility index (Phi) is 9.27. The number of methoxy groups -OCH3 is 2. The van der Waals surface area contributed by atoms with Gasteiger partial charge in [0.1, 0.15) is 17.2 Å². The first-order valence-corrected chi connectivity index (χ1v) is 13.4. The minimum Gasteiger partial charge on any atom is -0.497 e. The Morgan fingerprint density at radius 2 is 1.62 bits per heavy atom. The second kappa shape index (κ2) is 13.0. The summed E-state index contributed by atoms with van der Waals surface area (Å²) in [6.07, 6.45) is 1.76. The highest BCUT2D eigenvalue weighted by atomic mass is 32.1. The van der Waals surface area contributed by atoms with Crippen molar-refractivity contribution in [2.24, 2.45) is 0 Å². The molecule has 0 saturated carbocycles. The van der Waals surface area contributed by atoms with Gasteiger partial charge in [0.05, 0.1) is 24.8 Å². The SMILES string of the molecule is COc1ccc(C(=O)CCC(=O)N2CCC(c3nc(C(=O)NNC(=O)c4ccccc4OC)cs3)CC2)cc1. The first kappa shape index (κ1) is 27.8. The van der Waals surface area contributed by atoms with E-state index >= 15 is 0 Å². The molecule has 4 rings (SSSR count). The lowest BCUT2D eigenvalue weighted by atomic mass is 9.97. The van der Waals surface area contributed by atoms with Crippen LogP contribution in [-0.4, -0.2) is 60.7 Å². The molecule has 3 amide bonds. The zero-order valence-corrected chi connectivity index (χ0v) is 22.6. The van der Waals surface area contributed by atoms with Crippen molar-refractivity contribution in [3.05, 3.63) is 75.7 Å². The summed E-state index contributed by atoms with van der Waals surface area (Å²) in [6.45, 7) is 1.13. The molecule has 0 atom stereocenters. The lowest BCUT2D eigenvalue weighted by Crippen LogP contribution is -2.42. The molecule has 204 valence electrons. The van der Waals surface area contributed by atoms with Gasteiger partial charge in [-0.25, -0.2) is 4.98 Å². The van der Waals surface area contributed by atoms with Crippen molar-refractivity contribution in [3.8, 4) is 11.5 Å². The number of rotatable bonds is 9. The maximum Gasteiger partial charge on any atom is 0.289 e. The third-order valence-electron chi connectivity index (χ3n) is 6.57. The molecule has 1 aromatic heterocycles. The molecule has 3 aromatic rings. The molecule has 0 unspecified atom stereocenters. The van der Waals surface area contributed by atoms with Crippen LogP contribution in [0.1, 0.15) is 67.8 Å². The molecule has 1 aliphatic rings. The predicted molar refractivity (Wildman–Crippen MR) is 145 cm³/mol. The quantitative estimate of drug-likeness (QED) is 0.308. The van der Waals surface area contributed by atoms with Crippen molar-refractivity contribution < 1.29 is 28.7 Å². The fourth-order valence-electron chi connectivity index (χ4n) is 4.33. The molecule has 1 saturated heterocycles. The minimum atomic E-state index is -0.519. The Labute approximate surface area is 230 Å². The molecule has 10 nitrogen and oxygen atoms in total. The van der Waals surface area contributed by atoms with E-state index in [4.69, 9.17) is 9.47 Å². The number of nitrogens with zero attached hydrogens (tertiary/aromatic N) is 2. The van der Waals surface area contributed by atoms with E-state index in [0.717, 1.165) is 17.8 Å². The van der Waals surface area contributed by atoms with Crippen molar-refractivity contribution >= 4 is 34.8 Å². The third kappa shape index (κ3) is 6.99. The number of ether oxygens (including phenoxy) is 2. The Balaban J connectivity index is 1.22. The number of nitrogens with one attached hydrogen (secondary N) is 2. The van der Waals surface area contributed by atoms with Gasteiger partial charge in [-0.1, -0.05) is 12.1 Å². The summed E-state index contributed by atoms with van der Waals surface area (Å²) in [5.74, 6) is 0.0654. The number of carbonyl (C=O) groups excluding carboxylic acids is 4. The first-order chi connectivity index (χ1) is 18.9. The van der Waals surface area contributed by atoms with E-state index in [1.807, 2.05) is 0 Å². The lowest BCUT2D eigenvalue weighted by molar-refractivity contribution is -0.132. The summed E-state index contributed by atoms with van der Waals surface area (Å²) in [4.78, 5) is 56.3. The second-order valence-electron chi connectivity index (χ2n) is 8.99. The third-order valence-corrected chi connectivity index (χ3v) is 7.58. The highest BCUT2D eigenvalue weighted by molar-refractivity contribution is 7.09. The van der Waals surface area contributed by atoms with Crippen molar-refractivity contribution in [1.82, 2.24) is 20.7 Å². The summed E-state index contributed by atoms with van der Waals surface area (Å²) >= 11 is 1.38. The zero-order valence-electron chi connectivity index (χ0n) is 21.8. The average Bonchev–Trinajstić information content (AvgIpc) is 3.49. The number of likely N-dealkylation sites (tertiary alicyclic amines) is 1. The second-order valence-corrected chi connectivity index (χ2v) is 9.88. The van der Waals surface area contributed by atoms with Gasteiger partial charge in [-0.05, 0) is 49.2 Å². The van der Waals surface area contributed by atoms with Crippen molar-refractivity contribution in [2.45, 2.75) is 31.6 Å². The van der Waals surface area contributed by atoms with Gasteiger partial charge in [-0.3, -0.25) is 30.0 Å². The van der Waals surface area contributed by atoms with Gasteiger partial charge in [-0.15, -0.1) is 11.3 Å². The van der Waals surface area contributed by atoms with Gasteiger partial charge in [0.25, 0.3) is 11.8 Å². The summed E-state index contributed by atoms with van der Waals surface area (Å²) in [5.41, 5.74) is 5.85. The van der Waals surface area contributed by atoms with Gasteiger partial charge >= 0.3 is 0 Å². The maximum absolute atomic E-state index is 12.7. The van der Waals surface area contributed by atoms with Gasteiger partial charge in [0.15, 0.2) is 5.78 Å². The maximum atomic E-state index is 12.7. The van der Waals surface area contributed by atoms with Crippen molar-refractivity contribution in [1.29, 1.82) is 0 Å². The van der Waals surface area contributed by atoms with E-state index < -0.39 is 11.8 Å². The topological polar surface area (TPSA) is 127 Å². The number of thiazole rings is 1. The molecule has 0 spiro atoms. The van der Waals surface area contributed by atoms with Crippen LogP contribution in [0.25, 0.3) is 0 Å². The average molecular weight is 551 g/mol. The van der Waals surface area contributed by atoms with E-state index in [2.05, 4.69) is 15.8 Å². The fraction of sp³-hybridized carbons (Fsp3) is 0.321. The van der Waals surface area contributed by atoms with Crippen LogP contribution in [0.2, 0.25) is 0 Å². The summed E-state index contributed by atoms with van der Waals surface area (Å²) in [7, 11) is 3.03. The van der Waals surface area contributed by atoms with Crippen molar-refractivity contribution in [2.75, 3.05) is 27.3 Å². The van der Waals surface area contributed by atoms with Crippen LogP contribution >= 0.6 is 11.3 Å². The number of ketones is 1. The number of carbonyl (C=O) groups is 4. The summed E-state index contributed by atoms with van der Waals surface area (Å²) < 4.78 is 10.3. The minimum absolute atomic E-state index is 0.0414. The Morgan fingerprint density at radius 1 is 0.923 bits per heavy atom. The molecule has 11 heteroatoms. The van der Waals surface area contributed by atoms with Gasteiger partial charge < -0.3 is 14.4 Å². The van der Waals surface area contributed by atoms with E-state index in [1.165, 1.54) is 18.4 Å². The van der Waals surface area contributed by atoms with Gasteiger partial charge in [-0.2, -0.15) is 0 Å². The van der Waals surface area contributed by atoms with E-state index in [9.17, 15) is 19.2 Å². The summed E-state index contributed by atoms with van der Waals surface area (Å²) in [5, 5.41) is 2.47. The van der Waals surface area contributed by atoms with E-state index in [0.29, 0.717) is 35.7 Å². The van der Waals surface area contributed by atoms with Crippen LogP contribution in [0.15, 0.2) is 53.9 Å². The van der Waals surface area contributed by atoms with Crippen LogP contribution in [-0.2, 0) is 4.79 Å². The number of piperidine rings is 1. The molecule has 1 fully saturated rings. The number of hydrazine groups is 1. The van der Waals surface area contributed by atoms with Crippen LogP contribution in [0.5, 0.6) is 11.5 Å². The molecule has 2 aromatic carbocycles. The van der Waals surface area contributed by atoms with E-state index in [-0.39, 0.29) is 36.1 Å². The Bertz CT molecular complexity index is 1330. The molecular weight excluding hydrogens is 520 g/mol. The highest BCUT2D eigenvalue weighted by Gasteiger charge is 2.27. The number of amides is 3. The molecular formula is C28H30N4O6S. The zero-order chi connectivity index (χ0) is 27.8. The Morgan fingerprint density at radius 3 is 2.31 bits per heavy atom. The smallest absolute Gasteiger partial charge is 0.289 e. The fourth-order valence-corrected chi connectivity index (χ4v) is 5.30. The molecule has 0 bridgehead atoms. The monoisotopic (exact) mass is 550 g/mol. The number of hydrogen-bond acceptors (Lipinski definition) is 8. The number of para-hydroxylation sites is 1. The van der Waals surface area contributed by atoms with Gasteiger partial charge in [0, 0.05) is 42.8 Å². The highest BCUT2D eigenvalue weighted by Crippen LogP contribution is 2.30. The summed E-state index contributed by atoms with van der Waals surface area (Å²) in [6, 6.07) is 13.6. The van der Waals surface area contributed by atoms with Crippen LogP contribution in [0, 0.1) is 0 Å². The van der Waals surface area contributed by atoms with Crippen molar-refractivity contribution in [3.63, 3.8) is 0 Å². The predicted octanol–water partition coefficient (Wildman–Crippen LogP) is 3.60. The number of Topliss-reactive ketones (excluding diaryl/α,β-unsaturated/α-hetero) is 1. The Hall–Kier alpha value is -4.25. The first-order valence-electron chi connectivity index (χ1n) is 12.5. The molecule has 0 radical (unpaired) electrons. The largest absolute Gasteiger partial charge is 0.497 e. The molecule has 1 aliphatic heterocycles. The number of aromatic nitrogens is 1. The molecule has 39 heavy (non-hydrogen) atoms. The molecule has 2 N–H and O–H groups in total. The molecule has 2 heterocycles. The molecule has 0 aliphatic carbocycles.